The van der Waals surface area contributed by atoms with Gasteiger partial charge in [0.05, 0.1) is 5.41 Å². The average molecular weight is 356 g/mol. The van der Waals surface area contributed by atoms with Crippen LogP contribution in [0.1, 0.15) is 38.5 Å². The summed E-state index contributed by atoms with van der Waals surface area (Å²) in [5.41, 5.74) is 1.48. The van der Waals surface area contributed by atoms with Crippen LogP contribution in [0.4, 0.5) is 11.4 Å². The maximum Gasteiger partial charge on any atom is 0.312 e. The first-order valence-corrected chi connectivity index (χ1v) is 9.68. The molecular weight excluding hydrogens is 328 g/mol. The molecule has 5 nitrogen and oxygen atoms in total. The van der Waals surface area contributed by atoms with Gasteiger partial charge in [0.15, 0.2) is 6.61 Å². The number of nitrogens with zero attached hydrogens (tertiary/aromatic N) is 1. The van der Waals surface area contributed by atoms with Gasteiger partial charge in [-0.2, -0.15) is 0 Å². The lowest BCUT2D eigenvalue weighted by Crippen LogP contribution is -2.50. The molecule has 0 unspecified atom stereocenters. The summed E-state index contributed by atoms with van der Waals surface area (Å²) in [6.45, 7) is -0.198. The highest BCUT2D eigenvalue weighted by molar-refractivity contribution is 5.93. The number of benzene rings is 1. The van der Waals surface area contributed by atoms with Crippen LogP contribution in [0.5, 0.6) is 0 Å². The second-order valence-electron chi connectivity index (χ2n) is 8.76. The van der Waals surface area contributed by atoms with Gasteiger partial charge >= 0.3 is 5.97 Å². The standard InChI is InChI=1S/C21H28N2O3/c1-23(2)18-5-3-17(4-6-18)22-19(24)13-26-20(25)21-10-14-7-15(11-21)9-16(8-14)12-21/h3-6,14-16H,7-13H2,1-2H3,(H,22,24). The van der Waals surface area contributed by atoms with Gasteiger partial charge < -0.3 is 15.0 Å². The zero-order valence-corrected chi connectivity index (χ0v) is 15.7. The Morgan fingerprint density at radius 3 is 2.08 bits per heavy atom. The van der Waals surface area contributed by atoms with Crippen molar-refractivity contribution >= 4 is 23.3 Å². The molecule has 0 radical (unpaired) electrons. The lowest BCUT2D eigenvalue weighted by molar-refractivity contribution is -0.172. The Balaban J connectivity index is 1.31. The van der Waals surface area contributed by atoms with Gasteiger partial charge in [0.25, 0.3) is 5.91 Å². The van der Waals surface area contributed by atoms with Gasteiger partial charge in [-0.3, -0.25) is 9.59 Å². The van der Waals surface area contributed by atoms with E-state index in [0.29, 0.717) is 23.4 Å². The normalized spacial score (nSPS) is 31.5. The lowest BCUT2D eigenvalue weighted by atomic mass is 9.49. The van der Waals surface area contributed by atoms with Gasteiger partial charge in [-0.1, -0.05) is 0 Å². The predicted molar refractivity (Wildman–Crippen MR) is 101 cm³/mol. The van der Waals surface area contributed by atoms with Crippen LogP contribution in [0.15, 0.2) is 24.3 Å². The summed E-state index contributed by atoms with van der Waals surface area (Å²) in [5.74, 6) is 1.66. The molecule has 4 aliphatic rings. The van der Waals surface area contributed by atoms with E-state index in [1.165, 1.54) is 19.3 Å². The molecule has 1 amide bonds. The number of carbonyl (C=O) groups is 2. The van der Waals surface area contributed by atoms with Crippen LogP contribution in [0, 0.1) is 23.2 Å². The number of rotatable bonds is 5. The zero-order valence-electron chi connectivity index (χ0n) is 15.7. The molecule has 4 aliphatic carbocycles. The molecule has 1 aromatic rings. The molecule has 5 heteroatoms. The van der Waals surface area contributed by atoms with Crippen molar-refractivity contribution in [3.63, 3.8) is 0 Å². The number of hydrogen-bond acceptors (Lipinski definition) is 4. The average Bonchev–Trinajstić information content (AvgIpc) is 2.59. The van der Waals surface area contributed by atoms with E-state index in [0.717, 1.165) is 24.9 Å². The molecule has 0 aromatic heterocycles. The minimum Gasteiger partial charge on any atom is -0.455 e. The van der Waals surface area contributed by atoms with Crippen LogP contribution in [-0.2, 0) is 14.3 Å². The number of anilines is 2. The largest absolute Gasteiger partial charge is 0.455 e. The summed E-state index contributed by atoms with van der Waals surface area (Å²) in [6.07, 6.45) is 6.75. The topological polar surface area (TPSA) is 58.6 Å². The quantitative estimate of drug-likeness (QED) is 0.821. The Labute approximate surface area is 155 Å². The summed E-state index contributed by atoms with van der Waals surface area (Å²) in [6, 6.07) is 7.59. The first kappa shape index (κ1) is 17.4. The lowest BCUT2D eigenvalue weighted by Gasteiger charge is -2.55. The molecule has 0 heterocycles. The van der Waals surface area contributed by atoms with Gasteiger partial charge in [-0.05, 0) is 80.5 Å². The highest BCUT2D eigenvalue weighted by Gasteiger charge is 2.55. The van der Waals surface area contributed by atoms with Gasteiger partial charge in [0, 0.05) is 25.5 Å². The molecule has 1 N–H and O–H groups in total. The summed E-state index contributed by atoms with van der Waals surface area (Å²) >= 11 is 0. The summed E-state index contributed by atoms with van der Waals surface area (Å²) < 4.78 is 5.46. The molecule has 140 valence electrons. The molecule has 4 saturated carbocycles. The number of esters is 1. The van der Waals surface area contributed by atoms with Crippen molar-refractivity contribution in [3.05, 3.63) is 24.3 Å². The number of nitrogens with one attached hydrogen (secondary N) is 1. The van der Waals surface area contributed by atoms with Crippen LogP contribution in [-0.4, -0.2) is 32.6 Å². The van der Waals surface area contributed by atoms with Crippen LogP contribution in [0.2, 0.25) is 0 Å². The summed E-state index contributed by atoms with van der Waals surface area (Å²) in [4.78, 5) is 26.9. The van der Waals surface area contributed by atoms with Crippen molar-refractivity contribution in [2.45, 2.75) is 38.5 Å². The molecular formula is C21H28N2O3. The van der Waals surface area contributed by atoms with E-state index in [-0.39, 0.29) is 23.9 Å². The Kier molecular flexibility index (Phi) is 4.41. The number of hydrogen-bond donors (Lipinski definition) is 1. The highest BCUT2D eigenvalue weighted by Crippen LogP contribution is 2.60. The first-order chi connectivity index (χ1) is 12.4. The number of ether oxygens (including phenoxy) is 1. The Hall–Kier alpha value is -2.04. The van der Waals surface area contributed by atoms with Crippen LogP contribution in [0.25, 0.3) is 0 Å². The van der Waals surface area contributed by atoms with E-state index in [1.807, 2.05) is 43.3 Å². The van der Waals surface area contributed by atoms with Crippen LogP contribution >= 0.6 is 0 Å². The minimum absolute atomic E-state index is 0.144. The Bertz CT molecular complexity index is 660. The molecule has 4 bridgehead atoms. The van der Waals surface area contributed by atoms with E-state index >= 15 is 0 Å². The van der Waals surface area contributed by atoms with Crippen molar-refractivity contribution in [3.8, 4) is 0 Å². The second kappa shape index (κ2) is 6.60. The van der Waals surface area contributed by atoms with Gasteiger partial charge in [-0.25, -0.2) is 0 Å². The van der Waals surface area contributed by atoms with E-state index in [4.69, 9.17) is 4.74 Å². The van der Waals surface area contributed by atoms with Crippen molar-refractivity contribution in [1.29, 1.82) is 0 Å². The van der Waals surface area contributed by atoms with Crippen molar-refractivity contribution < 1.29 is 14.3 Å². The first-order valence-electron chi connectivity index (χ1n) is 9.68. The summed E-state index contributed by atoms with van der Waals surface area (Å²) in [7, 11) is 3.94. The van der Waals surface area contributed by atoms with Crippen molar-refractivity contribution in [1.82, 2.24) is 0 Å². The van der Waals surface area contributed by atoms with Crippen LogP contribution < -0.4 is 10.2 Å². The minimum atomic E-state index is -0.303. The maximum atomic E-state index is 12.8. The molecule has 26 heavy (non-hydrogen) atoms. The third kappa shape index (κ3) is 3.31. The van der Waals surface area contributed by atoms with Crippen molar-refractivity contribution in [2.24, 2.45) is 23.2 Å². The smallest absolute Gasteiger partial charge is 0.312 e. The van der Waals surface area contributed by atoms with Gasteiger partial charge in [0.1, 0.15) is 0 Å². The highest BCUT2D eigenvalue weighted by atomic mass is 16.5. The number of amides is 1. The zero-order chi connectivity index (χ0) is 18.3. The molecule has 4 fully saturated rings. The van der Waals surface area contributed by atoms with Crippen LogP contribution in [0.3, 0.4) is 0 Å². The molecule has 5 rings (SSSR count). The second-order valence-corrected chi connectivity index (χ2v) is 8.76. The fraction of sp³-hybridized carbons (Fsp3) is 0.619. The van der Waals surface area contributed by atoms with Gasteiger partial charge in [-0.15, -0.1) is 0 Å². The van der Waals surface area contributed by atoms with Crippen molar-refractivity contribution in [2.75, 3.05) is 30.9 Å². The fourth-order valence-electron chi connectivity index (χ4n) is 5.68. The third-order valence-electron chi connectivity index (χ3n) is 6.47. The van der Waals surface area contributed by atoms with Gasteiger partial charge in [0.2, 0.25) is 0 Å². The Morgan fingerprint density at radius 1 is 1.04 bits per heavy atom. The fourth-order valence-corrected chi connectivity index (χ4v) is 5.68. The molecule has 0 aliphatic heterocycles. The predicted octanol–water partition coefficient (Wildman–Crippen LogP) is 3.45. The monoisotopic (exact) mass is 356 g/mol. The van der Waals surface area contributed by atoms with E-state index in [9.17, 15) is 9.59 Å². The summed E-state index contributed by atoms with van der Waals surface area (Å²) in [5, 5.41) is 2.80. The third-order valence-corrected chi connectivity index (χ3v) is 6.47. The number of carbonyl (C=O) groups excluding carboxylic acids is 2. The van der Waals surface area contributed by atoms with E-state index in [2.05, 4.69) is 5.32 Å². The molecule has 0 atom stereocenters. The molecule has 1 aromatic carbocycles. The maximum absolute atomic E-state index is 12.8. The van der Waals surface area contributed by atoms with E-state index < -0.39 is 0 Å². The van der Waals surface area contributed by atoms with E-state index in [1.54, 1.807) is 0 Å². The Morgan fingerprint density at radius 2 is 1.58 bits per heavy atom. The SMILES string of the molecule is CN(C)c1ccc(NC(=O)COC(=O)C23CC4CC(CC(C4)C2)C3)cc1. The molecule has 0 spiro atoms. The molecule has 0 saturated heterocycles.